The summed E-state index contributed by atoms with van der Waals surface area (Å²) in [7, 11) is 0. The van der Waals surface area contributed by atoms with Crippen LogP contribution in [0.15, 0.2) is 42.9 Å². The second-order valence-corrected chi connectivity index (χ2v) is 11.2. The van der Waals surface area contributed by atoms with E-state index in [2.05, 4.69) is 15.3 Å². The van der Waals surface area contributed by atoms with Crippen LogP contribution in [-0.4, -0.2) is 33.4 Å². The first-order valence-electron chi connectivity index (χ1n) is 12.4. The van der Waals surface area contributed by atoms with Gasteiger partial charge < -0.3 is 14.8 Å². The minimum atomic E-state index is -1.12. The molecule has 0 saturated heterocycles. The van der Waals surface area contributed by atoms with Gasteiger partial charge in [0.15, 0.2) is 11.6 Å². The fourth-order valence-corrected chi connectivity index (χ4v) is 3.57. The van der Waals surface area contributed by atoms with Crippen LogP contribution in [0.4, 0.5) is 35.6 Å². The Kier molecular flexibility index (Phi) is 8.58. The number of aromatic nitrogens is 2. The van der Waals surface area contributed by atoms with Gasteiger partial charge in [-0.3, -0.25) is 4.98 Å². The first-order chi connectivity index (χ1) is 18.1. The zero-order valence-corrected chi connectivity index (χ0v) is 23.5. The van der Waals surface area contributed by atoms with Crippen molar-refractivity contribution in [2.45, 2.75) is 73.0 Å². The van der Waals surface area contributed by atoms with E-state index in [9.17, 15) is 14.0 Å². The molecule has 39 heavy (non-hydrogen) atoms. The van der Waals surface area contributed by atoms with Crippen molar-refractivity contribution >= 4 is 29.4 Å². The Balaban J connectivity index is 1.97. The zero-order chi connectivity index (χ0) is 29.1. The summed E-state index contributed by atoms with van der Waals surface area (Å²) in [6, 6.07) is 6.28. The van der Waals surface area contributed by atoms with E-state index >= 15 is 4.39 Å². The molecule has 0 aliphatic heterocycles. The van der Waals surface area contributed by atoms with Crippen LogP contribution in [0.25, 0.3) is 0 Å². The first-order valence-corrected chi connectivity index (χ1v) is 12.4. The number of amides is 2. The van der Waals surface area contributed by atoms with E-state index in [1.807, 2.05) is 0 Å². The van der Waals surface area contributed by atoms with Crippen LogP contribution in [0, 0.1) is 25.5 Å². The molecule has 0 fully saturated rings. The number of carbonyl (C=O) groups is 2. The number of ether oxygens (including phenoxy) is 2. The third-order valence-electron chi connectivity index (χ3n) is 5.41. The van der Waals surface area contributed by atoms with E-state index in [1.165, 1.54) is 18.3 Å². The summed E-state index contributed by atoms with van der Waals surface area (Å²) < 4.78 is 40.9. The summed E-state index contributed by atoms with van der Waals surface area (Å²) >= 11 is 0. The quantitative estimate of drug-likeness (QED) is 0.361. The van der Waals surface area contributed by atoms with Gasteiger partial charge in [0.1, 0.15) is 17.0 Å². The molecule has 0 saturated carbocycles. The lowest BCUT2D eigenvalue weighted by Crippen LogP contribution is -2.44. The molecule has 8 nitrogen and oxygen atoms in total. The number of pyridine rings is 2. The molecule has 2 aromatic heterocycles. The summed E-state index contributed by atoms with van der Waals surface area (Å²) in [5, 5.41) is 3.04. The molecule has 2 amide bonds. The van der Waals surface area contributed by atoms with Crippen LogP contribution >= 0.6 is 0 Å². The van der Waals surface area contributed by atoms with Crippen molar-refractivity contribution < 1.29 is 27.8 Å². The number of benzene rings is 1. The van der Waals surface area contributed by atoms with Gasteiger partial charge in [0.25, 0.3) is 0 Å². The maximum atomic E-state index is 15.9. The number of aryl methyl sites for hydroxylation is 1. The van der Waals surface area contributed by atoms with E-state index in [0.717, 1.165) is 11.1 Å². The van der Waals surface area contributed by atoms with Crippen molar-refractivity contribution in [2.75, 3.05) is 10.2 Å². The lowest BCUT2D eigenvalue weighted by atomic mass is 10.0. The Morgan fingerprint density at radius 1 is 0.897 bits per heavy atom. The topological polar surface area (TPSA) is 93.7 Å². The largest absolute Gasteiger partial charge is 0.443 e. The summed E-state index contributed by atoms with van der Waals surface area (Å²) in [4.78, 5) is 34.6. The van der Waals surface area contributed by atoms with Crippen LogP contribution in [0.1, 0.15) is 63.8 Å². The first kappa shape index (κ1) is 29.5. The summed E-state index contributed by atoms with van der Waals surface area (Å²) in [6.45, 7) is 13.3. The number of halogens is 2. The minimum Gasteiger partial charge on any atom is -0.443 e. The number of nitrogens with one attached hydrogen (secondary N) is 1. The highest BCUT2D eigenvalue weighted by Crippen LogP contribution is 2.29. The van der Waals surface area contributed by atoms with E-state index in [1.54, 1.807) is 79.9 Å². The smallest absolute Gasteiger partial charge is 0.425 e. The summed E-state index contributed by atoms with van der Waals surface area (Å²) in [5.41, 5.74) is 1.22. The van der Waals surface area contributed by atoms with Gasteiger partial charge in [0.05, 0.1) is 17.6 Å². The molecular formula is C29H34F2N4O4. The number of hydrogen-bond donors (Lipinski definition) is 1. The molecular weight excluding hydrogens is 506 g/mol. The number of hydrogen-bond acceptors (Lipinski definition) is 7. The molecule has 0 unspecified atom stereocenters. The zero-order valence-electron chi connectivity index (χ0n) is 23.5. The molecule has 3 rings (SSSR count). The van der Waals surface area contributed by atoms with E-state index in [4.69, 9.17) is 9.47 Å². The van der Waals surface area contributed by atoms with Gasteiger partial charge in [-0.2, -0.15) is 4.90 Å². The molecule has 0 aliphatic rings. The van der Waals surface area contributed by atoms with Crippen LogP contribution in [0.5, 0.6) is 0 Å². The van der Waals surface area contributed by atoms with Crippen molar-refractivity contribution in [3.63, 3.8) is 0 Å². The number of imide groups is 1. The van der Waals surface area contributed by atoms with Gasteiger partial charge in [0, 0.05) is 18.8 Å². The molecule has 0 aliphatic carbocycles. The average molecular weight is 541 g/mol. The highest BCUT2D eigenvalue weighted by Gasteiger charge is 2.36. The monoisotopic (exact) mass is 540 g/mol. The maximum Gasteiger partial charge on any atom is 0.425 e. The minimum absolute atomic E-state index is 0.0581. The van der Waals surface area contributed by atoms with Crippen molar-refractivity contribution in [1.29, 1.82) is 0 Å². The van der Waals surface area contributed by atoms with Gasteiger partial charge in [0.2, 0.25) is 0 Å². The Hall–Kier alpha value is -4.08. The Morgan fingerprint density at radius 3 is 2.08 bits per heavy atom. The Morgan fingerprint density at radius 2 is 1.51 bits per heavy atom. The average Bonchev–Trinajstić information content (AvgIpc) is 2.78. The normalized spacial score (nSPS) is 11.6. The van der Waals surface area contributed by atoms with Gasteiger partial charge in [-0.15, -0.1) is 0 Å². The summed E-state index contributed by atoms with van der Waals surface area (Å²) in [5.74, 6) is -1.84. The number of rotatable bonds is 5. The second kappa shape index (κ2) is 11.3. The molecule has 208 valence electrons. The molecule has 0 spiro atoms. The molecule has 0 radical (unpaired) electrons. The Bertz CT molecular complexity index is 1350. The van der Waals surface area contributed by atoms with Crippen LogP contribution in [-0.2, 0) is 15.9 Å². The molecule has 1 N–H and O–H groups in total. The highest BCUT2D eigenvalue weighted by molar-refractivity contribution is 6.08. The van der Waals surface area contributed by atoms with Crippen LogP contribution in [0.3, 0.4) is 0 Å². The van der Waals surface area contributed by atoms with Crippen LogP contribution < -0.4 is 10.2 Å². The molecule has 1 aromatic carbocycles. The SMILES string of the molecule is Cc1ccc(Nc2cncc(Cc3ccnc(N(C(=O)OC(C)(C)C)C(=O)OC(C)(C)C)c3F)c2C)c(F)c1. The molecule has 0 bridgehead atoms. The standard InChI is InChI=1S/C29H34F2N4O4/c1-17-9-10-22(21(30)13-17)34-23-16-32-15-20(18(23)2)14-19-11-12-33-25(24(19)31)35(26(36)38-28(3,4)5)27(37)39-29(6,7)8/h9-13,15-16,34H,14H2,1-8H3. The van der Waals surface area contributed by atoms with Crippen LogP contribution in [0.2, 0.25) is 0 Å². The third kappa shape index (κ3) is 7.72. The second-order valence-electron chi connectivity index (χ2n) is 11.2. The predicted molar refractivity (Wildman–Crippen MR) is 145 cm³/mol. The van der Waals surface area contributed by atoms with Crippen molar-refractivity contribution in [1.82, 2.24) is 9.97 Å². The third-order valence-corrected chi connectivity index (χ3v) is 5.41. The molecule has 3 aromatic rings. The fourth-order valence-electron chi connectivity index (χ4n) is 3.57. The molecule has 10 heteroatoms. The van der Waals surface area contributed by atoms with Gasteiger partial charge in [-0.1, -0.05) is 6.07 Å². The number of nitrogens with zero attached hydrogens (tertiary/aromatic N) is 3. The number of anilines is 3. The van der Waals surface area contributed by atoms with Gasteiger partial charge in [-0.25, -0.2) is 23.4 Å². The molecule has 0 atom stereocenters. The van der Waals surface area contributed by atoms with E-state index in [0.29, 0.717) is 16.2 Å². The van der Waals surface area contributed by atoms with Crippen molar-refractivity contribution in [2.24, 2.45) is 0 Å². The Labute approximate surface area is 227 Å². The van der Waals surface area contributed by atoms with Gasteiger partial charge in [-0.05, 0) is 95.8 Å². The van der Waals surface area contributed by atoms with E-state index < -0.39 is 40.8 Å². The fraction of sp³-hybridized carbons (Fsp3) is 0.379. The highest BCUT2D eigenvalue weighted by atomic mass is 19.1. The van der Waals surface area contributed by atoms with Gasteiger partial charge >= 0.3 is 12.2 Å². The maximum absolute atomic E-state index is 15.9. The lowest BCUT2D eigenvalue weighted by molar-refractivity contribution is 0.0427. The van der Waals surface area contributed by atoms with Crippen molar-refractivity contribution in [3.8, 4) is 0 Å². The number of carbonyl (C=O) groups excluding carboxylic acids is 2. The van der Waals surface area contributed by atoms with E-state index in [-0.39, 0.29) is 17.7 Å². The lowest BCUT2D eigenvalue weighted by Gasteiger charge is -2.28. The predicted octanol–water partition coefficient (Wildman–Crippen LogP) is 7.38. The summed E-state index contributed by atoms with van der Waals surface area (Å²) in [6.07, 6.45) is 2.24. The molecule has 2 heterocycles. The van der Waals surface area contributed by atoms with Crippen molar-refractivity contribution in [3.05, 3.63) is 76.7 Å².